The van der Waals surface area contributed by atoms with Crippen molar-refractivity contribution >= 4 is 5.78 Å². The summed E-state index contributed by atoms with van der Waals surface area (Å²) >= 11 is 0. The lowest BCUT2D eigenvalue weighted by atomic mass is 10.0. The highest BCUT2D eigenvalue weighted by Gasteiger charge is 2.27. The number of rotatable bonds is 3. The van der Waals surface area contributed by atoms with Crippen molar-refractivity contribution in [1.82, 2.24) is 9.80 Å². The van der Waals surface area contributed by atoms with Crippen molar-refractivity contribution in [3.63, 3.8) is 0 Å². The first kappa shape index (κ1) is 16.0. The Morgan fingerprint density at radius 2 is 1.76 bits per heavy atom. The molecule has 1 aliphatic rings. The van der Waals surface area contributed by atoms with Gasteiger partial charge in [0.25, 0.3) is 0 Å². The Balaban J connectivity index is 1.93. The normalized spacial score (nSPS) is 18.0. The van der Waals surface area contributed by atoms with E-state index in [-0.39, 0.29) is 23.4 Å². The molecule has 1 heterocycles. The number of nitrogens with zero attached hydrogens (tertiary/aromatic N) is 2. The Morgan fingerprint density at radius 1 is 1.14 bits per heavy atom. The topological polar surface area (TPSA) is 23.6 Å². The molecule has 0 saturated carbocycles. The lowest BCUT2D eigenvalue weighted by Crippen LogP contribution is -2.54. The van der Waals surface area contributed by atoms with Gasteiger partial charge < -0.3 is 0 Å². The molecule has 0 atom stereocenters. The SMILES string of the molecule is CC(C)(C)N1CCN(CC(=O)c2ccc(F)cc2F)CC1. The molecule has 0 N–H and O–H groups in total. The van der Waals surface area contributed by atoms with E-state index in [1.54, 1.807) is 0 Å². The second-order valence-corrected chi connectivity index (χ2v) is 6.48. The van der Waals surface area contributed by atoms with Gasteiger partial charge in [-0.05, 0) is 32.9 Å². The molecule has 1 aromatic rings. The van der Waals surface area contributed by atoms with E-state index >= 15 is 0 Å². The van der Waals surface area contributed by atoms with Gasteiger partial charge in [0.15, 0.2) is 5.78 Å². The fourth-order valence-corrected chi connectivity index (χ4v) is 2.58. The average Bonchev–Trinajstić information content (AvgIpc) is 2.38. The van der Waals surface area contributed by atoms with Crippen molar-refractivity contribution < 1.29 is 13.6 Å². The van der Waals surface area contributed by atoms with E-state index in [1.807, 2.05) is 4.90 Å². The number of benzene rings is 1. The highest BCUT2D eigenvalue weighted by atomic mass is 19.1. The molecule has 3 nitrogen and oxygen atoms in total. The number of piperazine rings is 1. The van der Waals surface area contributed by atoms with Gasteiger partial charge in [-0.3, -0.25) is 14.6 Å². The first-order valence-electron chi connectivity index (χ1n) is 7.23. The summed E-state index contributed by atoms with van der Waals surface area (Å²) in [4.78, 5) is 16.5. The Labute approximate surface area is 124 Å². The molecule has 116 valence electrons. The van der Waals surface area contributed by atoms with E-state index in [0.29, 0.717) is 0 Å². The summed E-state index contributed by atoms with van der Waals surface area (Å²) in [6.45, 7) is 10.0. The lowest BCUT2D eigenvalue weighted by molar-refractivity contribution is 0.0578. The molecule has 0 spiro atoms. The zero-order valence-electron chi connectivity index (χ0n) is 12.8. The van der Waals surface area contributed by atoms with Crippen LogP contribution in [0.5, 0.6) is 0 Å². The molecule has 0 bridgehead atoms. The highest BCUT2D eigenvalue weighted by molar-refractivity contribution is 5.97. The highest BCUT2D eigenvalue weighted by Crippen LogP contribution is 2.16. The van der Waals surface area contributed by atoms with Crippen LogP contribution in [-0.4, -0.2) is 53.8 Å². The van der Waals surface area contributed by atoms with Gasteiger partial charge in [-0.2, -0.15) is 0 Å². The van der Waals surface area contributed by atoms with Crippen LogP contribution in [0.1, 0.15) is 31.1 Å². The van der Waals surface area contributed by atoms with Crippen LogP contribution < -0.4 is 0 Å². The van der Waals surface area contributed by atoms with Crippen molar-refractivity contribution in [1.29, 1.82) is 0 Å². The maximum absolute atomic E-state index is 13.6. The maximum atomic E-state index is 13.6. The summed E-state index contributed by atoms with van der Waals surface area (Å²) in [6, 6.07) is 3.09. The fourth-order valence-electron chi connectivity index (χ4n) is 2.58. The van der Waals surface area contributed by atoms with Gasteiger partial charge in [-0.15, -0.1) is 0 Å². The van der Waals surface area contributed by atoms with Crippen LogP contribution in [-0.2, 0) is 0 Å². The summed E-state index contributed by atoms with van der Waals surface area (Å²) in [6.07, 6.45) is 0. The van der Waals surface area contributed by atoms with E-state index < -0.39 is 11.6 Å². The molecule has 1 aliphatic heterocycles. The van der Waals surface area contributed by atoms with Crippen LogP contribution in [0.2, 0.25) is 0 Å². The van der Waals surface area contributed by atoms with Gasteiger partial charge in [0.1, 0.15) is 11.6 Å². The van der Waals surface area contributed by atoms with Crippen molar-refractivity contribution in [3.8, 4) is 0 Å². The monoisotopic (exact) mass is 296 g/mol. The molecule has 2 rings (SSSR count). The first-order chi connectivity index (χ1) is 9.77. The van der Waals surface area contributed by atoms with Gasteiger partial charge in [-0.1, -0.05) is 0 Å². The van der Waals surface area contributed by atoms with E-state index in [1.165, 1.54) is 6.07 Å². The van der Waals surface area contributed by atoms with Crippen molar-refractivity contribution in [2.24, 2.45) is 0 Å². The predicted octanol–water partition coefficient (Wildman–Crippen LogP) is 2.56. The van der Waals surface area contributed by atoms with E-state index in [9.17, 15) is 13.6 Å². The quantitative estimate of drug-likeness (QED) is 0.801. The average molecular weight is 296 g/mol. The summed E-state index contributed by atoms with van der Waals surface area (Å²) in [5, 5.41) is 0. The Bertz CT molecular complexity index is 517. The third kappa shape index (κ3) is 4.08. The molecule has 1 saturated heterocycles. The maximum Gasteiger partial charge on any atom is 0.179 e. The number of Topliss-reactive ketones (excluding diaryl/α,β-unsaturated/α-hetero) is 1. The van der Waals surface area contributed by atoms with Crippen LogP contribution in [0.4, 0.5) is 8.78 Å². The molecule has 5 heteroatoms. The summed E-state index contributed by atoms with van der Waals surface area (Å²) in [7, 11) is 0. The molecule has 0 amide bonds. The molecule has 0 unspecified atom stereocenters. The molecular formula is C16H22F2N2O. The van der Waals surface area contributed by atoms with Crippen LogP contribution in [0, 0.1) is 11.6 Å². The minimum Gasteiger partial charge on any atom is -0.296 e. The molecule has 0 aromatic heterocycles. The summed E-state index contributed by atoms with van der Waals surface area (Å²) < 4.78 is 26.4. The minimum atomic E-state index is -0.784. The number of hydrogen-bond acceptors (Lipinski definition) is 3. The minimum absolute atomic E-state index is 0.0327. The van der Waals surface area contributed by atoms with Crippen molar-refractivity contribution in [2.75, 3.05) is 32.7 Å². The van der Waals surface area contributed by atoms with Gasteiger partial charge in [0.2, 0.25) is 0 Å². The predicted molar refractivity (Wildman–Crippen MR) is 78.5 cm³/mol. The summed E-state index contributed by atoms with van der Waals surface area (Å²) in [5.74, 6) is -1.74. The third-order valence-electron chi connectivity index (χ3n) is 3.92. The van der Waals surface area contributed by atoms with Crippen molar-refractivity contribution in [3.05, 3.63) is 35.4 Å². The third-order valence-corrected chi connectivity index (χ3v) is 3.92. The molecule has 0 aliphatic carbocycles. The Kier molecular flexibility index (Phi) is 4.74. The first-order valence-corrected chi connectivity index (χ1v) is 7.23. The number of ketones is 1. The zero-order valence-corrected chi connectivity index (χ0v) is 12.8. The van der Waals surface area contributed by atoms with Gasteiger partial charge in [-0.25, -0.2) is 8.78 Å². The fraction of sp³-hybridized carbons (Fsp3) is 0.562. The van der Waals surface area contributed by atoms with Crippen LogP contribution in [0.3, 0.4) is 0 Å². The molecule has 1 fully saturated rings. The van der Waals surface area contributed by atoms with E-state index in [4.69, 9.17) is 0 Å². The second-order valence-electron chi connectivity index (χ2n) is 6.48. The largest absolute Gasteiger partial charge is 0.296 e. The van der Waals surface area contributed by atoms with Gasteiger partial charge in [0, 0.05) is 37.8 Å². The molecular weight excluding hydrogens is 274 g/mol. The van der Waals surface area contributed by atoms with Crippen molar-refractivity contribution in [2.45, 2.75) is 26.3 Å². The van der Waals surface area contributed by atoms with Gasteiger partial charge in [0.05, 0.1) is 12.1 Å². The second kappa shape index (κ2) is 6.20. The Morgan fingerprint density at radius 3 is 2.29 bits per heavy atom. The number of halogens is 2. The molecule has 0 radical (unpaired) electrons. The number of carbonyl (C=O) groups excluding carboxylic acids is 1. The van der Waals surface area contributed by atoms with Gasteiger partial charge >= 0.3 is 0 Å². The standard InChI is InChI=1S/C16H22F2N2O/c1-16(2,3)20-8-6-19(7-9-20)11-15(21)13-5-4-12(17)10-14(13)18/h4-5,10H,6-9,11H2,1-3H3. The van der Waals surface area contributed by atoms with E-state index in [0.717, 1.165) is 38.3 Å². The molecule has 21 heavy (non-hydrogen) atoms. The molecule has 1 aromatic carbocycles. The van der Waals surface area contributed by atoms with Crippen LogP contribution in [0.15, 0.2) is 18.2 Å². The smallest absolute Gasteiger partial charge is 0.179 e. The van der Waals surface area contributed by atoms with Crippen LogP contribution in [0.25, 0.3) is 0 Å². The lowest BCUT2D eigenvalue weighted by Gasteiger charge is -2.42. The Hall–Kier alpha value is -1.33. The van der Waals surface area contributed by atoms with Crippen LogP contribution >= 0.6 is 0 Å². The van der Waals surface area contributed by atoms with E-state index in [2.05, 4.69) is 25.7 Å². The number of hydrogen-bond donors (Lipinski definition) is 0. The summed E-state index contributed by atoms with van der Waals surface area (Å²) in [5.41, 5.74) is 0.0914. The zero-order chi connectivity index (χ0) is 15.6. The number of carbonyl (C=O) groups is 1.